The molecule has 1 fully saturated rings. The van der Waals surface area contributed by atoms with Gasteiger partial charge in [-0.2, -0.15) is 0 Å². The Kier molecular flexibility index (Phi) is 10.5. The molecule has 168 valence electrons. The number of hydrogen-bond donors (Lipinski definition) is 3. The van der Waals surface area contributed by atoms with Crippen molar-refractivity contribution in [1.29, 1.82) is 0 Å². The number of aliphatic hydroxyl groups is 2. The van der Waals surface area contributed by atoms with E-state index in [1.54, 1.807) is 12.2 Å². The molecule has 6 heteroatoms. The number of nitrogens with one attached hydrogen (secondary N) is 1. The lowest BCUT2D eigenvalue weighted by atomic mass is 9.95. The summed E-state index contributed by atoms with van der Waals surface area (Å²) in [5, 5.41) is 24.2. The van der Waals surface area contributed by atoms with Crippen LogP contribution >= 0.6 is 0 Å². The summed E-state index contributed by atoms with van der Waals surface area (Å²) >= 11 is 0. The Morgan fingerprint density at radius 3 is 2.47 bits per heavy atom. The first-order chi connectivity index (χ1) is 14.5. The highest BCUT2D eigenvalue weighted by atomic mass is 16.5. The molecular weight excluding hydrogens is 378 g/mol. The summed E-state index contributed by atoms with van der Waals surface area (Å²) in [6, 6.07) is 7.84. The SMILES string of the molecule is C=CCC(O)(CC=C)CNCc1cccc(OC[C@H](O)CN2CCN(CC)CC2)c1. The number of likely N-dealkylation sites (N-methyl/N-ethyl adjacent to an activating group) is 1. The van der Waals surface area contributed by atoms with Crippen molar-refractivity contribution < 1.29 is 14.9 Å². The van der Waals surface area contributed by atoms with Crippen LogP contribution in [0.15, 0.2) is 49.6 Å². The molecule has 1 aromatic rings. The Hall–Kier alpha value is -1.70. The van der Waals surface area contributed by atoms with Crippen LogP contribution in [-0.2, 0) is 6.54 Å². The lowest BCUT2D eigenvalue weighted by molar-refractivity contribution is 0.0457. The number of piperazine rings is 1. The van der Waals surface area contributed by atoms with Crippen LogP contribution in [0.1, 0.15) is 25.3 Å². The molecule has 0 bridgehead atoms. The zero-order chi connectivity index (χ0) is 21.8. The summed E-state index contributed by atoms with van der Waals surface area (Å²) in [6.07, 6.45) is 3.98. The molecule has 0 amide bonds. The van der Waals surface area contributed by atoms with Crippen molar-refractivity contribution in [2.24, 2.45) is 0 Å². The first kappa shape index (κ1) is 24.6. The summed E-state index contributed by atoms with van der Waals surface area (Å²) in [5.41, 5.74) is 0.210. The van der Waals surface area contributed by atoms with E-state index >= 15 is 0 Å². The fourth-order valence-corrected chi connectivity index (χ4v) is 3.78. The third-order valence-corrected chi connectivity index (χ3v) is 5.55. The molecule has 0 saturated carbocycles. The Balaban J connectivity index is 1.74. The Morgan fingerprint density at radius 2 is 1.83 bits per heavy atom. The van der Waals surface area contributed by atoms with Gasteiger partial charge in [0, 0.05) is 45.8 Å². The first-order valence-electron chi connectivity index (χ1n) is 11.0. The summed E-state index contributed by atoms with van der Waals surface area (Å²) in [5.74, 6) is 0.747. The normalized spacial score (nSPS) is 16.9. The first-order valence-corrected chi connectivity index (χ1v) is 11.0. The smallest absolute Gasteiger partial charge is 0.119 e. The summed E-state index contributed by atoms with van der Waals surface area (Å²) in [6.45, 7) is 16.8. The second-order valence-corrected chi connectivity index (χ2v) is 8.16. The number of aliphatic hydroxyl groups excluding tert-OH is 1. The average molecular weight is 418 g/mol. The van der Waals surface area contributed by atoms with E-state index in [9.17, 15) is 10.2 Å². The molecule has 6 nitrogen and oxygen atoms in total. The van der Waals surface area contributed by atoms with Gasteiger partial charge in [-0.3, -0.25) is 4.90 Å². The lowest BCUT2D eigenvalue weighted by Crippen LogP contribution is -2.49. The third kappa shape index (κ3) is 8.58. The van der Waals surface area contributed by atoms with Crippen LogP contribution in [0.3, 0.4) is 0 Å². The summed E-state index contributed by atoms with van der Waals surface area (Å²) < 4.78 is 5.83. The van der Waals surface area contributed by atoms with Gasteiger partial charge < -0.3 is 25.2 Å². The molecule has 0 unspecified atom stereocenters. The molecular formula is C24H39N3O3. The molecule has 30 heavy (non-hydrogen) atoms. The quantitative estimate of drug-likeness (QED) is 0.403. The largest absolute Gasteiger partial charge is 0.491 e. The molecule has 1 atom stereocenters. The third-order valence-electron chi connectivity index (χ3n) is 5.55. The van der Waals surface area contributed by atoms with E-state index in [0.717, 1.165) is 44.0 Å². The second kappa shape index (κ2) is 12.9. The standard InChI is InChI=1S/C24H39N3O3/c1-4-10-24(29,11-5-2)20-25-17-21-8-7-9-23(16-21)30-19-22(28)18-27-14-12-26(6-3)13-15-27/h4-5,7-9,16,22,25,28-29H,1-2,6,10-15,17-20H2,3H3/t22-/m1/s1. The van der Waals surface area contributed by atoms with E-state index in [-0.39, 0.29) is 6.61 Å². The maximum absolute atomic E-state index is 10.6. The minimum absolute atomic E-state index is 0.281. The van der Waals surface area contributed by atoms with Crippen molar-refractivity contribution in [3.63, 3.8) is 0 Å². The Labute approximate surface area is 181 Å². The van der Waals surface area contributed by atoms with Crippen LogP contribution in [-0.4, -0.2) is 84.1 Å². The minimum Gasteiger partial charge on any atom is -0.491 e. The number of ether oxygens (including phenoxy) is 1. The maximum atomic E-state index is 10.6. The van der Waals surface area contributed by atoms with Crippen molar-refractivity contribution in [3.05, 3.63) is 55.1 Å². The topological polar surface area (TPSA) is 68.2 Å². The van der Waals surface area contributed by atoms with Gasteiger partial charge in [0.25, 0.3) is 0 Å². The van der Waals surface area contributed by atoms with Crippen molar-refractivity contribution in [3.8, 4) is 5.75 Å². The van der Waals surface area contributed by atoms with Gasteiger partial charge in [-0.25, -0.2) is 0 Å². The average Bonchev–Trinajstić information content (AvgIpc) is 2.73. The maximum Gasteiger partial charge on any atom is 0.119 e. The highest BCUT2D eigenvalue weighted by Crippen LogP contribution is 2.17. The van der Waals surface area contributed by atoms with Crippen LogP contribution in [0.5, 0.6) is 5.75 Å². The van der Waals surface area contributed by atoms with Gasteiger partial charge in [-0.1, -0.05) is 31.2 Å². The van der Waals surface area contributed by atoms with E-state index in [1.807, 2.05) is 24.3 Å². The van der Waals surface area contributed by atoms with Crippen molar-refractivity contribution in [1.82, 2.24) is 15.1 Å². The van der Waals surface area contributed by atoms with Gasteiger partial charge in [-0.15, -0.1) is 13.2 Å². The van der Waals surface area contributed by atoms with Gasteiger partial charge in [0.05, 0.1) is 5.60 Å². The van der Waals surface area contributed by atoms with Gasteiger partial charge in [-0.05, 0) is 37.1 Å². The van der Waals surface area contributed by atoms with E-state index < -0.39 is 11.7 Å². The van der Waals surface area contributed by atoms with Gasteiger partial charge in [0.2, 0.25) is 0 Å². The van der Waals surface area contributed by atoms with E-state index in [0.29, 0.717) is 32.5 Å². The fourth-order valence-electron chi connectivity index (χ4n) is 3.78. The number of rotatable bonds is 14. The zero-order valence-corrected chi connectivity index (χ0v) is 18.4. The number of benzene rings is 1. The van der Waals surface area contributed by atoms with E-state index in [1.165, 1.54) is 0 Å². The van der Waals surface area contributed by atoms with E-state index in [2.05, 4.69) is 35.2 Å². The molecule has 0 spiro atoms. The Morgan fingerprint density at radius 1 is 1.17 bits per heavy atom. The zero-order valence-electron chi connectivity index (χ0n) is 18.4. The van der Waals surface area contributed by atoms with Gasteiger partial charge >= 0.3 is 0 Å². The fraction of sp³-hybridized carbons (Fsp3) is 0.583. The number of β-amino-alcohol motifs (C(OH)–C–C–N with tert-alkyl or cyclic N) is 1. The van der Waals surface area contributed by atoms with Crippen molar-refractivity contribution in [2.75, 3.05) is 52.4 Å². The van der Waals surface area contributed by atoms with Crippen LogP contribution < -0.4 is 10.1 Å². The molecule has 1 heterocycles. The monoisotopic (exact) mass is 417 g/mol. The Bertz CT molecular complexity index is 634. The minimum atomic E-state index is -0.857. The van der Waals surface area contributed by atoms with Crippen LogP contribution in [0.25, 0.3) is 0 Å². The molecule has 0 aliphatic carbocycles. The summed E-state index contributed by atoms with van der Waals surface area (Å²) in [7, 11) is 0. The molecule has 1 saturated heterocycles. The van der Waals surface area contributed by atoms with E-state index in [4.69, 9.17) is 4.74 Å². The predicted octanol–water partition coefficient (Wildman–Crippen LogP) is 2.04. The molecule has 0 radical (unpaired) electrons. The van der Waals surface area contributed by atoms with Crippen molar-refractivity contribution in [2.45, 2.75) is 38.0 Å². The van der Waals surface area contributed by atoms with Gasteiger partial charge in [0.15, 0.2) is 0 Å². The lowest BCUT2D eigenvalue weighted by Gasteiger charge is -2.34. The number of nitrogens with zero attached hydrogens (tertiary/aromatic N) is 2. The molecule has 1 aliphatic rings. The van der Waals surface area contributed by atoms with Crippen LogP contribution in [0, 0.1) is 0 Å². The molecule has 3 N–H and O–H groups in total. The predicted molar refractivity (Wildman–Crippen MR) is 123 cm³/mol. The van der Waals surface area contributed by atoms with Crippen molar-refractivity contribution >= 4 is 0 Å². The van der Waals surface area contributed by atoms with Gasteiger partial charge in [0.1, 0.15) is 18.5 Å². The molecule has 2 rings (SSSR count). The molecule has 1 aromatic carbocycles. The van der Waals surface area contributed by atoms with Crippen LogP contribution in [0.2, 0.25) is 0 Å². The summed E-state index contributed by atoms with van der Waals surface area (Å²) in [4.78, 5) is 4.72. The molecule has 0 aromatic heterocycles. The van der Waals surface area contributed by atoms with Crippen LogP contribution in [0.4, 0.5) is 0 Å². The highest BCUT2D eigenvalue weighted by Gasteiger charge is 2.23. The second-order valence-electron chi connectivity index (χ2n) is 8.16. The molecule has 1 aliphatic heterocycles. The number of hydrogen-bond acceptors (Lipinski definition) is 6. The highest BCUT2D eigenvalue weighted by molar-refractivity contribution is 5.28.